The summed E-state index contributed by atoms with van der Waals surface area (Å²) >= 11 is 0. The number of esters is 4. The van der Waals surface area contributed by atoms with Crippen LogP contribution >= 0.6 is 0 Å². The van der Waals surface area contributed by atoms with E-state index in [2.05, 4.69) is 19.7 Å². The van der Waals surface area contributed by atoms with Crippen LogP contribution in [0, 0.1) is 11.7 Å². The average Bonchev–Trinajstić information content (AvgIpc) is 2.94. The standard InChI is InChI=1S/C34H31FO8/c1-18(2)31(36)40-27-13-10-23(16-29(27)42-33(38)20(5)6)22-9-12-25(26(35)15-22)24-11-14-28(41-32(37)19(3)4)30(17-24)43-34(39)21(7)8/h9-17,20H,1,3,7H2,2,4-6,8H3. The van der Waals surface area contributed by atoms with E-state index in [1.54, 1.807) is 26.0 Å². The van der Waals surface area contributed by atoms with Gasteiger partial charge in [0.15, 0.2) is 23.0 Å². The molecule has 3 rings (SSSR count). The van der Waals surface area contributed by atoms with Crippen molar-refractivity contribution in [2.45, 2.75) is 34.6 Å². The molecular weight excluding hydrogens is 555 g/mol. The van der Waals surface area contributed by atoms with Crippen LogP contribution in [-0.2, 0) is 19.2 Å². The molecule has 43 heavy (non-hydrogen) atoms. The number of benzene rings is 3. The summed E-state index contributed by atoms with van der Waals surface area (Å²) in [5.74, 6) is -3.99. The molecule has 0 spiro atoms. The van der Waals surface area contributed by atoms with Crippen molar-refractivity contribution in [1.82, 2.24) is 0 Å². The molecule has 0 radical (unpaired) electrons. The molecule has 0 unspecified atom stereocenters. The molecule has 0 aliphatic rings. The molecule has 0 aliphatic heterocycles. The Balaban J connectivity index is 2.02. The quantitative estimate of drug-likeness (QED) is 0.140. The first-order chi connectivity index (χ1) is 20.2. The van der Waals surface area contributed by atoms with Gasteiger partial charge in [-0.1, -0.05) is 57.8 Å². The monoisotopic (exact) mass is 586 g/mol. The summed E-state index contributed by atoms with van der Waals surface area (Å²) in [6, 6.07) is 13.2. The van der Waals surface area contributed by atoms with Crippen LogP contribution in [0.5, 0.6) is 23.0 Å². The van der Waals surface area contributed by atoms with Crippen molar-refractivity contribution >= 4 is 23.9 Å². The SMILES string of the molecule is C=C(C)C(=O)Oc1ccc(-c2ccc(-c3ccc(OC(=O)C(=C)C)c(OC(=O)C(C)C)c3)cc2F)cc1OC(=O)C(=C)C. The Hall–Kier alpha value is -5.31. The Morgan fingerprint density at radius 3 is 1.44 bits per heavy atom. The number of carbonyl (C=O) groups is 4. The summed E-state index contributed by atoms with van der Waals surface area (Å²) in [5, 5.41) is 0. The van der Waals surface area contributed by atoms with Gasteiger partial charge < -0.3 is 18.9 Å². The van der Waals surface area contributed by atoms with Gasteiger partial charge in [-0.2, -0.15) is 0 Å². The molecule has 0 amide bonds. The maximum Gasteiger partial charge on any atom is 0.338 e. The molecule has 3 aromatic rings. The third-order valence-corrected chi connectivity index (χ3v) is 5.84. The zero-order valence-electron chi connectivity index (χ0n) is 24.5. The number of hydrogen-bond donors (Lipinski definition) is 0. The smallest absolute Gasteiger partial charge is 0.338 e. The molecule has 0 aromatic heterocycles. The molecule has 222 valence electrons. The fourth-order valence-electron chi connectivity index (χ4n) is 3.41. The molecule has 8 nitrogen and oxygen atoms in total. The van der Waals surface area contributed by atoms with Gasteiger partial charge in [0, 0.05) is 22.3 Å². The third kappa shape index (κ3) is 8.13. The minimum Gasteiger partial charge on any atom is -0.422 e. The lowest BCUT2D eigenvalue weighted by Gasteiger charge is -2.15. The lowest BCUT2D eigenvalue weighted by Crippen LogP contribution is -2.16. The van der Waals surface area contributed by atoms with E-state index in [9.17, 15) is 19.2 Å². The zero-order valence-corrected chi connectivity index (χ0v) is 24.5. The maximum atomic E-state index is 15.5. The third-order valence-electron chi connectivity index (χ3n) is 5.84. The molecule has 0 aliphatic carbocycles. The van der Waals surface area contributed by atoms with E-state index in [0.29, 0.717) is 16.7 Å². The molecule has 0 saturated carbocycles. The van der Waals surface area contributed by atoms with E-state index in [4.69, 9.17) is 18.9 Å². The summed E-state index contributed by atoms with van der Waals surface area (Å²) in [6.45, 7) is 18.3. The van der Waals surface area contributed by atoms with Gasteiger partial charge >= 0.3 is 23.9 Å². The molecule has 0 atom stereocenters. The van der Waals surface area contributed by atoms with Gasteiger partial charge in [0.1, 0.15) is 5.82 Å². The van der Waals surface area contributed by atoms with Crippen molar-refractivity contribution in [1.29, 1.82) is 0 Å². The maximum absolute atomic E-state index is 15.5. The highest BCUT2D eigenvalue weighted by Gasteiger charge is 2.20. The highest BCUT2D eigenvalue weighted by Crippen LogP contribution is 2.38. The zero-order chi connectivity index (χ0) is 32.0. The van der Waals surface area contributed by atoms with Crippen molar-refractivity contribution in [3.05, 3.63) is 96.9 Å². The second-order valence-electron chi connectivity index (χ2n) is 10.1. The van der Waals surface area contributed by atoms with E-state index < -0.39 is 35.6 Å². The first-order valence-corrected chi connectivity index (χ1v) is 13.1. The second-order valence-corrected chi connectivity index (χ2v) is 10.1. The van der Waals surface area contributed by atoms with Crippen LogP contribution in [-0.4, -0.2) is 23.9 Å². The Bertz CT molecular complexity index is 1660. The molecule has 0 saturated heterocycles. The molecule has 0 heterocycles. The summed E-state index contributed by atoms with van der Waals surface area (Å²) < 4.78 is 36.9. The number of carbonyl (C=O) groups excluding carboxylic acids is 4. The first kappa shape index (κ1) is 32.2. The summed E-state index contributed by atoms with van der Waals surface area (Å²) in [6.07, 6.45) is 0. The van der Waals surface area contributed by atoms with Gasteiger partial charge in [0.05, 0.1) is 5.92 Å². The van der Waals surface area contributed by atoms with Crippen LogP contribution in [0.25, 0.3) is 22.3 Å². The second kappa shape index (κ2) is 13.6. The summed E-state index contributed by atoms with van der Waals surface area (Å²) in [7, 11) is 0. The number of rotatable bonds is 10. The van der Waals surface area contributed by atoms with Gasteiger partial charge in [0.25, 0.3) is 0 Å². The lowest BCUT2D eigenvalue weighted by molar-refractivity contribution is -0.138. The Labute approximate surface area is 249 Å². The fourth-order valence-corrected chi connectivity index (χ4v) is 3.41. The van der Waals surface area contributed by atoms with E-state index in [1.165, 1.54) is 63.2 Å². The number of ether oxygens (including phenoxy) is 4. The van der Waals surface area contributed by atoms with E-state index in [1.807, 2.05) is 0 Å². The van der Waals surface area contributed by atoms with E-state index in [-0.39, 0.29) is 45.3 Å². The molecular formula is C34H31FO8. The van der Waals surface area contributed by atoms with Crippen molar-refractivity contribution < 1.29 is 42.5 Å². The molecule has 9 heteroatoms. The van der Waals surface area contributed by atoms with Crippen molar-refractivity contribution in [2.24, 2.45) is 5.92 Å². The van der Waals surface area contributed by atoms with Crippen LogP contribution in [0.2, 0.25) is 0 Å². The van der Waals surface area contributed by atoms with Gasteiger partial charge in [-0.15, -0.1) is 0 Å². The molecule has 3 aromatic carbocycles. The highest BCUT2D eigenvalue weighted by molar-refractivity contribution is 5.92. The van der Waals surface area contributed by atoms with Crippen LogP contribution in [0.3, 0.4) is 0 Å². The first-order valence-electron chi connectivity index (χ1n) is 13.1. The van der Waals surface area contributed by atoms with Gasteiger partial charge in [-0.25, -0.2) is 18.8 Å². The minimum absolute atomic E-state index is 0.00659. The van der Waals surface area contributed by atoms with Crippen LogP contribution in [0.4, 0.5) is 4.39 Å². The highest BCUT2D eigenvalue weighted by atomic mass is 19.1. The van der Waals surface area contributed by atoms with Crippen molar-refractivity contribution in [2.75, 3.05) is 0 Å². The molecule has 0 bridgehead atoms. The Morgan fingerprint density at radius 2 is 0.977 bits per heavy atom. The summed E-state index contributed by atoms with van der Waals surface area (Å²) in [4.78, 5) is 48.8. The predicted octanol–water partition coefficient (Wildman–Crippen LogP) is 7.17. The number of hydrogen-bond acceptors (Lipinski definition) is 8. The fraction of sp³-hybridized carbons (Fsp3) is 0.176. The van der Waals surface area contributed by atoms with Gasteiger partial charge in [-0.05, 0) is 67.8 Å². The van der Waals surface area contributed by atoms with Crippen molar-refractivity contribution in [3.8, 4) is 45.3 Å². The lowest BCUT2D eigenvalue weighted by atomic mass is 9.99. The van der Waals surface area contributed by atoms with Crippen LogP contribution in [0.15, 0.2) is 91.1 Å². The minimum atomic E-state index is -0.757. The van der Waals surface area contributed by atoms with Crippen LogP contribution in [0.1, 0.15) is 34.6 Å². The largest absolute Gasteiger partial charge is 0.422 e. The van der Waals surface area contributed by atoms with Gasteiger partial charge in [-0.3, -0.25) is 4.79 Å². The van der Waals surface area contributed by atoms with E-state index >= 15 is 4.39 Å². The average molecular weight is 587 g/mol. The van der Waals surface area contributed by atoms with Crippen molar-refractivity contribution in [3.63, 3.8) is 0 Å². The topological polar surface area (TPSA) is 105 Å². The van der Waals surface area contributed by atoms with E-state index in [0.717, 1.165) is 0 Å². The number of halogens is 1. The Kier molecular flexibility index (Phi) is 10.2. The summed E-state index contributed by atoms with van der Waals surface area (Å²) in [5.41, 5.74) is 1.79. The molecule has 0 N–H and O–H groups in total. The van der Waals surface area contributed by atoms with Gasteiger partial charge in [0.2, 0.25) is 0 Å². The molecule has 0 fully saturated rings. The van der Waals surface area contributed by atoms with Crippen LogP contribution < -0.4 is 18.9 Å². The normalized spacial score (nSPS) is 10.5. The Morgan fingerprint density at radius 1 is 0.581 bits per heavy atom. The predicted molar refractivity (Wildman–Crippen MR) is 159 cm³/mol.